The summed E-state index contributed by atoms with van der Waals surface area (Å²) in [5.41, 5.74) is -0.932. The number of nitrogens with zero attached hydrogens (tertiary/aromatic N) is 2. The number of ether oxygens (including phenoxy) is 1. The van der Waals surface area contributed by atoms with E-state index >= 15 is 0 Å². The first-order chi connectivity index (χ1) is 13.0. The minimum atomic E-state index is -0.932. The number of furan rings is 1. The van der Waals surface area contributed by atoms with E-state index in [0.29, 0.717) is 39.1 Å². The SMILES string of the molecule is O=C(C1CCCCN1C(=O)c1ccco1)N1C[C@H]2COCC[C@@]2(C(=O)O)C1. The van der Waals surface area contributed by atoms with Crippen molar-refractivity contribution >= 4 is 17.8 Å². The van der Waals surface area contributed by atoms with Crippen LogP contribution in [-0.2, 0) is 14.3 Å². The van der Waals surface area contributed by atoms with Crippen LogP contribution in [0.25, 0.3) is 0 Å². The van der Waals surface area contributed by atoms with Gasteiger partial charge in [-0.25, -0.2) is 0 Å². The van der Waals surface area contributed by atoms with Crippen molar-refractivity contribution in [2.45, 2.75) is 31.7 Å². The van der Waals surface area contributed by atoms with E-state index in [2.05, 4.69) is 0 Å². The summed E-state index contributed by atoms with van der Waals surface area (Å²) in [5, 5.41) is 9.80. The molecule has 0 saturated carbocycles. The van der Waals surface area contributed by atoms with Crippen LogP contribution in [0.5, 0.6) is 0 Å². The predicted octanol–water partition coefficient (Wildman–Crippen LogP) is 1.22. The first kappa shape index (κ1) is 18.0. The normalized spacial score (nSPS) is 30.8. The lowest BCUT2D eigenvalue weighted by Gasteiger charge is -2.36. The van der Waals surface area contributed by atoms with E-state index in [9.17, 15) is 19.5 Å². The van der Waals surface area contributed by atoms with Gasteiger partial charge in [0.2, 0.25) is 5.91 Å². The van der Waals surface area contributed by atoms with Gasteiger partial charge in [-0.05, 0) is 37.8 Å². The lowest BCUT2D eigenvalue weighted by molar-refractivity contribution is -0.157. The third-order valence-corrected chi connectivity index (χ3v) is 6.23. The second-order valence-corrected chi connectivity index (χ2v) is 7.69. The highest BCUT2D eigenvalue weighted by molar-refractivity contribution is 5.96. The molecule has 3 atom stereocenters. The number of likely N-dealkylation sites (tertiary alicyclic amines) is 2. The summed E-state index contributed by atoms with van der Waals surface area (Å²) in [4.78, 5) is 41.2. The van der Waals surface area contributed by atoms with Gasteiger partial charge in [-0.15, -0.1) is 0 Å². The third kappa shape index (κ3) is 3.01. The molecule has 1 aromatic rings. The Morgan fingerprint density at radius 1 is 1.26 bits per heavy atom. The standard InChI is InChI=1S/C19H24N2O6/c22-16(20-10-13-11-26-9-6-19(13,12-20)18(24)25)14-4-1-2-7-21(14)17(23)15-5-3-8-27-15/h3,5,8,13-14H,1-2,4,6-7,9-12H2,(H,24,25)/t13-,14?,19+/m0/s1. The van der Waals surface area contributed by atoms with E-state index in [0.717, 1.165) is 12.8 Å². The molecule has 2 amide bonds. The van der Waals surface area contributed by atoms with Crippen LogP contribution in [0.2, 0.25) is 0 Å². The van der Waals surface area contributed by atoms with Crippen LogP contribution in [0.4, 0.5) is 0 Å². The number of aliphatic carboxylic acids is 1. The van der Waals surface area contributed by atoms with E-state index in [1.54, 1.807) is 21.9 Å². The van der Waals surface area contributed by atoms with Gasteiger partial charge in [0, 0.05) is 32.2 Å². The van der Waals surface area contributed by atoms with Crippen LogP contribution in [0.15, 0.2) is 22.8 Å². The molecule has 3 aliphatic rings. The Morgan fingerprint density at radius 3 is 2.81 bits per heavy atom. The van der Waals surface area contributed by atoms with Crippen molar-refractivity contribution < 1.29 is 28.6 Å². The Morgan fingerprint density at radius 2 is 2.11 bits per heavy atom. The zero-order valence-electron chi connectivity index (χ0n) is 15.1. The molecular weight excluding hydrogens is 352 g/mol. The molecule has 4 heterocycles. The number of piperidine rings is 1. The molecule has 8 nitrogen and oxygen atoms in total. The quantitative estimate of drug-likeness (QED) is 0.851. The van der Waals surface area contributed by atoms with Crippen molar-refractivity contribution in [3.63, 3.8) is 0 Å². The van der Waals surface area contributed by atoms with E-state index < -0.39 is 17.4 Å². The van der Waals surface area contributed by atoms with Crippen LogP contribution >= 0.6 is 0 Å². The molecule has 0 spiro atoms. The summed E-state index contributed by atoms with van der Waals surface area (Å²) in [6, 6.07) is 2.68. The third-order valence-electron chi connectivity index (χ3n) is 6.23. The molecule has 3 saturated heterocycles. The molecule has 4 rings (SSSR count). The molecule has 0 radical (unpaired) electrons. The summed E-state index contributed by atoms with van der Waals surface area (Å²) in [6.07, 6.45) is 4.14. The lowest BCUT2D eigenvalue weighted by atomic mass is 9.74. The van der Waals surface area contributed by atoms with Crippen molar-refractivity contribution in [3.05, 3.63) is 24.2 Å². The number of hydrogen-bond donors (Lipinski definition) is 1. The smallest absolute Gasteiger partial charge is 0.311 e. The van der Waals surface area contributed by atoms with Gasteiger partial charge in [-0.1, -0.05) is 0 Å². The molecule has 27 heavy (non-hydrogen) atoms. The highest BCUT2D eigenvalue weighted by Crippen LogP contribution is 2.43. The summed E-state index contributed by atoms with van der Waals surface area (Å²) in [6.45, 7) is 1.81. The van der Waals surface area contributed by atoms with Crippen LogP contribution in [0, 0.1) is 11.3 Å². The van der Waals surface area contributed by atoms with Gasteiger partial charge in [0.25, 0.3) is 5.91 Å². The van der Waals surface area contributed by atoms with Gasteiger partial charge >= 0.3 is 5.97 Å². The largest absolute Gasteiger partial charge is 0.481 e. The highest BCUT2D eigenvalue weighted by atomic mass is 16.5. The number of carboxylic acids is 1. The van der Waals surface area contributed by atoms with E-state index in [-0.39, 0.29) is 30.0 Å². The Hall–Kier alpha value is -2.35. The first-order valence-electron chi connectivity index (χ1n) is 9.47. The number of hydrogen-bond acceptors (Lipinski definition) is 5. The number of fused-ring (bicyclic) bond motifs is 1. The average molecular weight is 376 g/mol. The number of carbonyl (C=O) groups is 3. The van der Waals surface area contributed by atoms with Crippen LogP contribution in [0.1, 0.15) is 36.2 Å². The average Bonchev–Trinajstić information content (AvgIpc) is 3.35. The zero-order valence-corrected chi connectivity index (χ0v) is 15.1. The Bertz CT molecular complexity index is 733. The number of rotatable bonds is 3. The van der Waals surface area contributed by atoms with Crippen molar-refractivity contribution in [2.24, 2.45) is 11.3 Å². The molecular formula is C19H24N2O6. The van der Waals surface area contributed by atoms with Gasteiger partial charge in [0.05, 0.1) is 18.3 Å². The Kier molecular flexibility index (Phi) is 4.67. The maximum Gasteiger partial charge on any atom is 0.311 e. The molecule has 3 aliphatic heterocycles. The predicted molar refractivity (Wildman–Crippen MR) is 93.0 cm³/mol. The van der Waals surface area contributed by atoms with E-state index in [1.165, 1.54) is 6.26 Å². The summed E-state index contributed by atoms with van der Waals surface area (Å²) < 4.78 is 10.7. The van der Waals surface area contributed by atoms with Crippen molar-refractivity contribution in [3.8, 4) is 0 Å². The fourth-order valence-electron chi connectivity index (χ4n) is 4.65. The first-order valence-corrected chi connectivity index (χ1v) is 9.47. The molecule has 1 aromatic heterocycles. The maximum absolute atomic E-state index is 13.3. The molecule has 0 aliphatic carbocycles. The topological polar surface area (TPSA) is 100 Å². The number of carboxylic acid groups (broad SMARTS) is 1. The maximum atomic E-state index is 13.3. The molecule has 1 N–H and O–H groups in total. The van der Waals surface area contributed by atoms with Gasteiger partial charge in [-0.2, -0.15) is 0 Å². The van der Waals surface area contributed by atoms with Gasteiger partial charge < -0.3 is 24.1 Å². The zero-order chi connectivity index (χ0) is 19.0. The van der Waals surface area contributed by atoms with Gasteiger partial charge in [0.1, 0.15) is 6.04 Å². The number of amides is 2. The molecule has 1 unspecified atom stereocenters. The lowest BCUT2D eigenvalue weighted by Crippen LogP contribution is -2.53. The molecule has 8 heteroatoms. The summed E-state index contributed by atoms with van der Waals surface area (Å²) in [5.74, 6) is -1.29. The molecule has 146 valence electrons. The molecule has 0 aromatic carbocycles. The van der Waals surface area contributed by atoms with Crippen LogP contribution < -0.4 is 0 Å². The van der Waals surface area contributed by atoms with Crippen LogP contribution in [0.3, 0.4) is 0 Å². The van der Waals surface area contributed by atoms with Gasteiger partial charge in [0.15, 0.2) is 5.76 Å². The van der Waals surface area contributed by atoms with Crippen molar-refractivity contribution in [2.75, 3.05) is 32.8 Å². The number of carbonyl (C=O) groups excluding carboxylic acids is 2. The minimum Gasteiger partial charge on any atom is -0.481 e. The van der Waals surface area contributed by atoms with Crippen LogP contribution in [-0.4, -0.2) is 71.6 Å². The monoisotopic (exact) mass is 376 g/mol. The Balaban J connectivity index is 1.54. The van der Waals surface area contributed by atoms with E-state index in [1.807, 2.05) is 0 Å². The minimum absolute atomic E-state index is 0.162. The fourth-order valence-corrected chi connectivity index (χ4v) is 4.65. The molecule has 0 bridgehead atoms. The second-order valence-electron chi connectivity index (χ2n) is 7.69. The van der Waals surface area contributed by atoms with Gasteiger partial charge in [-0.3, -0.25) is 14.4 Å². The Labute approximate surface area is 157 Å². The van der Waals surface area contributed by atoms with E-state index in [4.69, 9.17) is 9.15 Å². The van der Waals surface area contributed by atoms with Crippen molar-refractivity contribution in [1.82, 2.24) is 9.80 Å². The second kappa shape index (κ2) is 6.99. The summed E-state index contributed by atoms with van der Waals surface area (Å²) in [7, 11) is 0. The highest BCUT2D eigenvalue weighted by Gasteiger charge is 2.55. The fraction of sp³-hybridized carbons (Fsp3) is 0.632. The van der Waals surface area contributed by atoms with Crippen molar-refractivity contribution in [1.29, 1.82) is 0 Å². The molecule has 3 fully saturated rings. The summed E-state index contributed by atoms with van der Waals surface area (Å²) >= 11 is 0.